The molecule has 1 heterocycles. The molecule has 0 saturated heterocycles. The molecule has 0 fully saturated rings. The van der Waals surface area contributed by atoms with Gasteiger partial charge in [-0.3, -0.25) is 0 Å². The fourth-order valence-electron chi connectivity index (χ4n) is 2.57. The third-order valence-electron chi connectivity index (χ3n) is 3.78. The van der Waals surface area contributed by atoms with Gasteiger partial charge in [-0.25, -0.2) is 0 Å². The largest absolute Gasteiger partial charge is 0.493 e. The number of ether oxygens (including phenoxy) is 1. The fraction of sp³-hybridized carbons (Fsp3) is 0.263. The number of thioether (sulfide) groups is 1. The molecule has 0 bridgehead atoms. The molecule has 0 amide bonds. The van der Waals surface area contributed by atoms with E-state index in [-0.39, 0.29) is 0 Å². The van der Waals surface area contributed by atoms with Crippen LogP contribution in [0.1, 0.15) is 19.4 Å². The molecule has 0 unspecified atom stereocenters. The zero-order chi connectivity index (χ0) is 17.6. The van der Waals surface area contributed by atoms with Crippen molar-refractivity contribution in [2.24, 2.45) is 0 Å². The van der Waals surface area contributed by atoms with Crippen LogP contribution in [0, 0.1) is 0 Å². The maximum atomic E-state index is 6.25. The maximum absolute atomic E-state index is 6.25. The zero-order valence-electron chi connectivity index (χ0n) is 14.3. The predicted molar refractivity (Wildman–Crippen MR) is 103 cm³/mol. The molecule has 3 rings (SSSR count). The van der Waals surface area contributed by atoms with Gasteiger partial charge in [-0.15, -0.1) is 10.2 Å². The van der Waals surface area contributed by atoms with Crippen molar-refractivity contribution in [1.82, 2.24) is 14.8 Å². The molecule has 6 heteroatoms. The van der Waals surface area contributed by atoms with Crippen LogP contribution in [0.4, 0.5) is 0 Å². The van der Waals surface area contributed by atoms with Gasteiger partial charge in [0.1, 0.15) is 5.75 Å². The molecule has 130 valence electrons. The first kappa shape index (κ1) is 17.8. The van der Waals surface area contributed by atoms with Crippen LogP contribution < -0.4 is 4.74 Å². The van der Waals surface area contributed by atoms with Gasteiger partial charge in [-0.1, -0.05) is 53.7 Å². The van der Waals surface area contributed by atoms with Crippen LogP contribution in [-0.4, -0.2) is 21.4 Å². The van der Waals surface area contributed by atoms with Crippen molar-refractivity contribution in [3.63, 3.8) is 0 Å². The molecule has 0 aliphatic carbocycles. The van der Waals surface area contributed by atoms with E-state index in [4.69, 9.17) is 16.3 Å². The first-order valence-electron chi connectivity index (χ1n) is 8.26. The normalized spacial score (nSPS) is 10.8. The average Bonchev–Trinajstić information content (AvgIpc) is 3.04. The molecule has 4 nitrogen and oxygen atoms in total. The summed E-state index contributed by atoms with van der Waals surface area (Å²) < 4.78 is 7.85. The van der Waals surface area contributed by atoms with Crippen LogP contribution in [0.25, 0.3) is 11.4 Å². The van der Waals surface area contributed by atoms with Crippen molar-refractivity contribution in [2.75, 3.05) is 6.61 Å². The van der Waals surface area contributed by atoms with E-state index in [0.717, 1.165) is 45.2 Å². The Balaban J connectivity index is 1.88. The highest BCUT2D eigenvalue weighted by molar-refractivity contribution is 7.98. The summed E-state index contributed by atoms with van der Waals surface area (Å²) >= 11 is 7.89. The maximum Gasteiger partial charge on any atom is 0.191 e. The topological polar surface area (TPSA) is 39.9 Å². The van der Waals surface area contributed by atoms with E-state index >= 15 is 0 Å². The molecule has 0 saturated carbocycles. The monoisotopic (exact) mass is 373 g/mol. The lowest BCUT2D eigenvalue weighted by atomic mass is 10.2. The van der Waals surface area contributed by atoms with Crippen LogP contribution in [0.15, 0.2) is 53.7 Å². The van der Waals surface area contributed by atoms with E-state index in [1.54, 1.807) is 11.8 Å². The molecular weight excluding hydrogens is 354 g/mol. The number of nitrogens with zero attached hydrogens (tertiary/aromatic N) is 3. The van der Waals surface area contributed by atoms with E-state index in [1.165, 1.54) is 0 Å². The Morgan fingerprint density at radius 3 is 2.56 bits per heavy atom. The number of hydrogen-bond acceptors (Lipinski definition) is 4. The molecule has 0 atom stereocenters. The third-order valence-corrected chi connectivity index (χ3v) is 5.16. The number of benzene rings is 2. The van der Waals surface area contributed by atoms with Crippen LogP contribution in [0.5, 0.6) is 5.75 Å². The van der Waals surface area contributed by atoms with E-state index in [0.29, 0.717) is 6.61 Å². The molecule has 0 spiro atoms. The first-order valence-corrected chi connectivity index (χ1v) is 9.62. The Kier molecular flexibility index (Phi) is 6.00. The van der Waals surface area contributed by atoms with E-state index < -0.39 is 0 Å². The molecule has 3 aromatic rings. The minimum atomic E-state index is 0.616. The second-order valence-corrected chi connectivity index (χ2v) is 6.71. The van der Waals surface area contributed by atoms with Gasteiger partial charge in [0.05, 0.1) is 12.2 Å². The van der Waals surface area contributed by atoms with Crippen LogP contribution in [0.3, 0.4) is 0 Å². The van der Waals surface area contributed by atoms with Gasteiger partial charge in [0, 0.05) is 17.3 Å². The molecule has 2 aromatic carbocycles. The lowest BCUT2D eigenvalue weighted by molar-refractivity contribution is 0.341. The van der Waals surface area contributed by atoms with E-state index in [2.05, 4.69) is 21.7 Å². The lowest BCUT2D eigenvalue weighted by Crippen LogP contribution is -2.02. The van der Waals surface area contributed by atoms with Gasteiger partial charge in [0.15, 0.2) is 11.0 Å². The highest BCUT2D eigenvalue weighted by Gasteiger charge is 2.16. The van der Waals surface area contributed by atoms with Gasteiger partial charge in [-0.2, -0.15) is 0 Å². The second kappa shape index (κ2) is 8.41. The van der Waals surface area contributed by atoms with E-state index in [9.17, 15) is 0 Å². The van der Waals surface area contributed by atoms with Crippen LogP contribution in [-0.2, 0) is 12.3 Å². The SMILES string of the molecule is CCOc1ccccc1-c1nnc(SCc2ccccc2Cl)n1CC. The smallest absolute Gasteiger partial charge is 0.191 e. The standard InChI is InChI=1S/C19H20ClN3OS/c1-3-23-18(15-10-6-8-12-17(15)24-4-2)21-22-19(23)25-13-14-9-5-7-11-16(14)20/h5-12H,3-4,13H2,1-2H3. The summed E-state index contributed by atoms with van der Waals surface area (Å²) in [4.78, 5) is 0. The van der Waals surface area contributed by atoms with Crippen molar-refractivity contribution in [3.8, 4) is 17.1 Å². The summed E-state index contributed by atoms with van der Waals surface area (Å²) in [6.07, 6.45) is 0. The van der Waals surface area contributed by atoms with Crippen molar-refractivity contribution in [1.29, 1.82) is 0 Å². The number of rotatable bonds is 7. The summed E-state index contributed by atoms with van der Waals surface area (Å²) in [6.45, 7) is 5.47. The molecule has 0 radical (unpaired) electrons. The Labute approximate surface area is 157 Å². The highest BCUT2D eigenvalue weighted by Crippen LogP contribution is 2.32. The summed E-state index contributed by atoms with van der Waals surface area (Å²) in [5.41, 5.74) is 2.05. The van der Waals surface area contributed by atoms with Crippen LogP contribution >= 0.6 is 23.4 Å². The number of para-hydroxylation sites is 1. The Bertz CT molecular complexity index is 850. The van der Waals surface area contributed by atoms with Gasteiger partial charge in [0.2, 0.25) is 0 Å². The molecule has 25 heavy (non-hydrogen) atoms. The predicted octanol–water partition coefficient (Wildman–Crippen LogP) is 5.31. The minimum Gasteiger partial charge on any atom is -0.493 e. The van der Waals surface area contributed by atoms with Gasteiger partial charge in [0.25, 0.3) is 0 Å². The molecular formula is C19H20ClN3OS. The van der Waals surface area contributed by atoms with Gasteiger partial charge in [-0.05, 0) is 37.6 Å². The molecule has 0 aliphatic heterocycles. The lowest BCUT2D eigenvalue weighted by Gasteiger charge is -2.11. The second-order valence-electron chi connectivity index (χ2n) is 5.36. The number of halogens is 1. The van der Waals surface area contributed by atoms with Crippen molar-refractivity contribution < 1.29 is 4.74 Å². The van der Waals surface area contributed by atoms with Crippen molar-refractivity contribution in [2.45, 2.75) is 31.3 Å². The Morgan fingerprint density at radius 2 is 1.80 bits per heavy atom. The summed E-state index contributed by atoms with van der Waals surface area (Å²) in [5, 5.41) is 10.5. The third kappa shape index (κ3) is 3.99. The van der Waals surface area contributed by atoms with Gasteiger partial charge < -0.3 is 9.30 Å². The summed E-state index contributed by atoms with van der Waals surface area (Å²) in [5.74, 6) is 2.41. The number of hydrogen-bond donors (Lipinski definition) is 0. The number of aromatic nitrogens is 3. The van der Waals surface area contributed by atoms with E-state index in [1.807, 2.05) is 55.5 Å². The quantitative estimate of drug-likeness (QED) is 0.526. The highest BCUT2D eigenvalue weighted by atomic mass is 35.5. The molecule has 0 aliphatic rings. The van der Waals surface area contributed by atoms with Crippen LogP contribution in [0.2, 0.25) is 5.02 Å². The van der Waals surface area contributed by atoms with Crippen molar-refractivity contribution in [3.05, 3.63) is 59.1 Å². The Hall–Kier alpha value is -1.98. The zero-order valence-corrected chi connectivity index (χ0v) is 15.8. The summed E-state index contributed by atoms with van der Waals surface area (Å²) in [7, 11) is 0. The van der Waals surface area contributed by atoms with Gasteiger partial charge >= 0.3 is 0 Å². The molecule has 0 N–H and O–H groups in total. The van der Waals surface area contributed by atoms with Crippen molar-refractivity contribution >= 4 is 23.4 Å². The fourth-order valence-corrected chi connectivity index (χ4v) is 3.86. The molecule has 1 aromatic heterocycles. The minimum absolute atomic E-state index is 0.616. The Morgan fingerprint density at radius 1 is 1.04 bits per heavy atom. The summed E-state index contributed by atoms with van der Waals surface area (Å²) in [6, 6.07) is 15.8. The first-order chi connectivity index (χ1) is 12.2. The average molecular weight is 374 g/mol.